The Hall–Kier alpha value is -0.600. The van der Waals surface area contributed by atoms with E-state index in [1.54, 1.807) is 0 Å². The summed E-state index contributed by atoms with van der Waals surface area (Å²) >= 11 is 3.53. The smallest absolute Gasteiger partial charge is 0.0207 e. The topological polar surface area (TPSA) is 26.0 Å². The molecule has 0 amide bonds. The van der Waals surface area contributed by atoms with Crippen LogP contribution in [0, 0.1) is 0 Å². The highest BCUT2D eigenvalue weighted by Gasteiger charge is 2.06. The van der Waals surface area contributed by atoms with Gasteiger partial charge in [-0.05, 0) is 37.8 Å². The second-order valence-corrected chi connectivity index (χ2v) is 4.91. The number of benzene rings is 1. The molecule has 15 heavy (non-hydrogen) atoms. The van der Waals surface area contributed by atoms with Gasteiger partial charge in [0.05, 0.1) is 0 Å². The average molecular weight is 268 g/mol. The van der Waals surface area contributed by atoms with Crippen molar-refractivity contribution in [2.75, 3.05) is 0 Å². The molecule has 1 atom stereocenters. The zero-order valence-corrected chi connectivity index (χ0v) is 10.8. The molecule has 0 saturated heterocycles. The highest BCUT2D eigenvalue weighted by Crippen LogP contribution is 2.18. The summed E-state index contributed by atoms with van der Waals surface area (Å²) in [5.74, 6) is 0. The zero-order chi connectivity index (χ0) is 11.3. The maximum Gasteiger partial charge on any atom is 0.0207 e. The van der Waals surface area contributed by atoms with Crippen molar-refractivity contribution in [3.63, 3.8) is 0 Å². The lowest BCUT2D eigenvalue weighted by Gasteiger charge is -2.12. The zero-order valence-electron chi connectivity index (χ0n) is 9.17. The van der Waals surface area contributed by atoms with Gasteiger partial charge in [0.25, 0.3) is 0 Å². The van der Waals surface area contributed by atoms with Crippen molar-refractivity contribution < 1.29 is 0 Å². The van der Waals surface area contributed by atoms with Crippen LogP contribution in [0.5, 0.6) is 0 Å². The van der Waals surface area contributed by atoms with E-state index in [0.717, 1.165) is 23.7 Å². The second kappa shape index (κ2) is 6.09. The van der Waals surface area contributed by atoms with E-state index in [0.29, 0.717) is 0 Å². The molecular weight excluding hydrogens is 250 g/mol. The highest BCUT2D eigenvalue weighted by atomic mass is 79.9. The summed E-state index contributed by atoms with van der Waals surface area (Å²) < 4.78 is 1.15. The Morgan fingerprint density at radius 2 is 2.13 bits per heavy atom. The molecule has 0 fully saturated rings. The van der Waals surface area contributed by atoms with E-state index in [1.807, 2.05) is 19.1 Å². The lowest BCUT2D eigenvalue weighted by molar-refractivity contribution is 0.608. The Bertz CT molecular complexity index is 333. The van der Waals surface area contributed by atoms with E-state index >= 15 is 0 Å². The third-order valence-corrected chi connectivity index (χ3v) is 3.16. The SMILES string of the molecule is C=C(C)CCC(N)Cc1ccccc1Br. The summed E-state index contributed by atoms with van der Waals surface area (Å²) in [6, 6.07) is 8.46. The summed E-state index contributed by atoms with van der Waals surface area (Å²) in [6.07, 6.45) is 2.96. The van der Waals surface area contributed by atoms with Crippen molar-refractivity contribution in [1.29, 1.82) is 0 Å². The molecule has 2 N–H and O–H groups in total. The monoisotopic (exact) mass is 267 g/mol. The predicted molar refractivity (Wildman–Crippen MR) is 69.9 cm³/mol. The van der Waals surface area contributed by atoms with Gasteiger partial charge in [0.2, 0.25) is 0 Å². The molecule has 1 aromatic rings. The number of nitrogens with two attached hydrogens (primary N) is 1. The summed E-state index contributed by atoms with van der Waals surface area (Å²) in [4.78, 5) is 0. The third kappa shape index (κ3) is 4.63. The summed E-state index contributed by atoms with van der Waals surface area (Å²) in [7, 11) is 0. The van der Waals surface area contributed by atoms with Crippen molar-refractivity contribution >= 4 is 15.9 Å². The molecule has 0 radical (unpaired) electrons. The van der Waals surface area contributed by atoms with Crippen LogP contribution in [0.4, 0.5) is 0 Å². The standard InChI is InChI=1S/C13H18BrN/c1-10(2)7-8-12(15)9-11-5-3-4-6-13(11)14/h3-6,12H,1,7-9,15H2,2H3. The Balaban J connectivity index is 2.47. The maximum atomic E-state index is 6.06. The van der Waals surface area contributed by atoms with E-state index in [-0.39, 0.29) is 6.04 Å². The molecule has 0 spiro atoms. The molecule has 0 aliphatic rings. The first-order valence-corrected chi connectivity index (χ1v) is 6.02. The van der Waals surface area contributed by atoms with Gasteiger partial charge in [-0.3, -0.25) is 0 Å². The van der Waals surface area contributed by atoms with Gasteiger partial charge in [-0.2, -0.15) is 0 Å². The minimum atomic E-state index is 0.223. The van der Waals surface area contributed by atoms with Crippen LogP contribution >= 0.6 is 15.9 Å². The molecule has 1 unspecified atom stereocenters. The number of hydrogen-bond donors (Lipinski definition) is 1. The van der Waals surface area contributed by atoms with Gasteiger partial charge in [0, 0.05) is 10.5 Å². The van der Waals surface area contributed by atoms with E-state index in [1.165, 1.54) is 11.1 Å². The molecular formula is C13H18BrN. The van der Waals surface area contributed by atoms with Crippen LogP contribution in [-0.4, -0.2) is 6.04 Å². The first kappa shape index (κ1) is 12.5. The molecule has 0 aliphatic heterocycles. The fourth-order valence-corrected chi connectivity index (χ4v) is 1.93. The molecule has 0 aromatic heterocycles. The van der Waals surface area contributed by atoms with Gasteiger partial charge >= 0.3 is 0 Å². The van der Waals surface area contributed by atoms with Crippen molar-refractivity contribution in [1.82, 2.24) is 0 Å². The molecule has 2 heteroatoms. The van der Waals surface area contributed by atoms with Crippen molar-refractivity contribution in [2.24, 2.45) is 5.73 Å². The van der Waals surface area contributed by atoms with Gasteiger partial charge in [-0.1, -0.05) is 39.7 Å². The quantitative estimate of drug-likeness (QED) is 0.810. The molecule has 1 aromatic carbocycles. The van der Waals surface area contributed by atoms with Gasteiger partial charge < -0.3 is 5.73 Å². The molecule has 0 heterocycles. The number of allylic oxidation sites excluding steroid dienone is 1. The average Bonchev–Trinajstić information content (AvgIpc) is 2.18. The molecule has 0 saturated carbocycles. The van der Waals surface area contributed by atoms with E-state index in [2.05, 4.69) is 34.6 Å². The van der Waals surface area contributed by atoms with E-state index in [4.69, 9.17) is 5.73 Å². The predicted octanol–water partition coefficient (Wildman–Crippen LogP) is 3.68. The number of hydrogen-bond acceptors (Lipinski definition) is 1. The van der Waals surface area contributed by atoms with Crippen molar-refractivity contribution in [3.05, 3.63) is 46.5 Å². The van der Waals surface area contributed by atoms with Crippen LogP contribution in [-0.2, 0) is 6.42 Å². The minimum Gasteiger partial charge on any atom is -0.327 e. The minimum absolute atomic E-state index is 0.223. The van der Waals surface area contributed by atoms with E-state index in [9.17, 15) is 0 Å². The first-order valence-electron chi connectivity index (χ1n) is 5.23. The van der Waals surface area contributed by atoms with Gasteiger partial charge in [0.15, 0.2) is 0 Å². The fraction of sp³-hybridized carbons (Fsp3) is 0.385. The van der Waals surface area contributed by atoms with Crippen LogP contribution < -0.4 is 5.73 Å². The molecule has 1 rings (SSSR count). The van der Waals surface area contributed by atoms with Gasteiger partial charge in [-0.25, -0.2) is 0 Å². The van der Waals surface area contributed by atoms with Crippen molar-refractivity contribution in [2.45, 2.75) is 32.2 Å². The normalized spacial score (nSPS) is 12.5. The third-order valence-electron chi connectivity index (χ3n) is 2.38. The molecule has 82 valence electrons. The second-order valence-electron chi connectivity index (χ2n) is 4.05. The largest absolute Gasteiger partial charge is 0.327 e. The van der Waals surface area contributed by atoms with E-state index < -0.39 is 0 Å². The highest BCUT2D eigenvalue weighted by molar-refractivity contribution is 9.10. The Morgan fingerprint density at radius 1 is 1.47 bits per heavy atom. The Labute approximate surface area is 101 Å². The molecule has 0 bridgehead atoms. The van der Waals surface area contributed by atoms with Crippen LogP contribution in [0.2, 0.25) is 0 Å². The van der Waals surface area contributed by atoms with Crippen LogP contribution in [0.25, 0.3) is 0 Å². The van der Waals surface area contributed by atoms with Gasteiger partial charge in [-0.15, -0.1) is 6.58 Å². The van der Waals surface area contributed by atoms with Crippen LogP contribution in [0.15, 0.2) is 40.9 Å². The van der Waals surface area contributed by atoms with Crippen molar-refractivity contribution in [3.8, 4) is 0 Å². The molecule has 1 nitrogen and oxygen atoms in total. The molecule has 0 aliphatic carbocycles. The van der Waals surface area contributed by atoms with Gasteiger partial charge in [0.1, 0.15) is 0 Å². The lowest BCUT2D eigenvalue weighted by atomic mass is 10.0. The maximum absolute atomic E-state index is 6.06. The fourth-order valence-electron chi connectivity index (χ4n) is 1.48. The van der Waals surface area contributed by atoms with Crippen LogP contribution in [0.3, 0.4) is 0 Å². The number of rotatable bonds is 5. The number of halogens is 1. The first-order chi connectivity index (χ1) is 7.09. The summed E-state index contributed by atoms with van der Waals surface area (Å²) in [5, 5.41) is 0. The van der Waals surface area contributed by atoms with Crippen LogP contribution in [0.1, 0.15) is 25.3 Å². The summed E-state index contributed by atoms with van der Waals surface area (Å²) in [6.45, 7) is 5.93. The Morgan fingerprint density at radius 3 is 2.73 bits per heavy atom. The summed E-state index contributed by atoms with van der Waals surface area (Å²) in [5.41, 5.74) is 8.55. The Kier molecular flexibility index (Phi) is 5.06. The lowest BCUT2D eigenvalue weighted by Crippen LogP contribution is -2.22.